The molecule has 0 bridgehead atoms. The van der Waals surface area contributed by atoms with Crippen LogP contribution in [-0.2, 0) is 9.59 Å². The predicted octanol–water partition coefficient (Wildman–Crippen LogP) is 0.294. The molecule has 1 heterocycles. The summed E-state index contributed by atoms with van der Waals surface area (Å²) in [5, 5.41) is 5.15. The molecular weight excluding hydrogens is 376 g/mol. The number of nitrogens with one attached hydrogen (secondary N) is 2. The van der Waals surface area contributed by atoms with Crippen LogP contribution < -0.4 is 15.5 Å². The molecule has 6 nitrogen and oxygen atoms in total. The van der Waals surface area contributed by atoms with Gasteiger partial charge >= 0.3 is 0 Å². The van der Waals surface area contributed by atoms with E-state index in [1.54, 1.807) is 0 Å². The van der Waals surface area contributed by atoms with Gasteiger partial charge in [0, 0.05) is 11.3 Å². The molecular formula is C24H34N4O2+2. The van der Waals surface area contributed by atoms with E-state index < -0.39 is 0 Å². The van der Waals surface area contributed by atoms with Crippen LogP contribution in [0.25, 0.3) is 0 Å². The van der Waals surface area contributed by atoms with Gasteiger partial charge in [-0.1, -0.05) is 48.5 Å². The number of benzene rings is 2. The van der Waals surface area contributed by atoms with E-state index >= 15 is 0 Å². The SMILES string of the molecule is Cc1cccc(C)c1NC(=O)C[NH+]1CCN(C(=O)C[NH2+][C@H](C)c2ccccc2)CC1. The minimum absolute atomic E-state index is 0.0344. The topological polar surface area (TPSA) is 70.5 Å². The number of quaternary nitrogens is 2. The maximum atomic E-state index is 12.6. The van der Waals surface area contributed by atoms with Crippen LogP contribution in [0.4, 0.5) is 5.69 Å². The Hall–Kier alpha value is -2.70. The Bertz CT molecular complexity index is 841. The van der Waals surface area contributed by atoms with Crippen LogP contribution in [0.15, 0.2) is 48.5 Å². The first-order valence-electron chi connectivity index (χ1n) is 10.8. The lowest BCUT2D eigenvalue weighted by molar-refractivity contribution is -0.895. The highest BCUT2D eigenvalue weighted by Gasteiger charge is 2.26. The number of aryl methyl sites for hydroxylation is 2. The average Bonchev–Trinajstić information content (AvgIpc) is 2.75. The number of carbonyl (C=O) groups is 2. The van der Waals surface area contributed by atoms with Gasteiger partial charge in [0.2, 0.25) is 0 Å². The van der Waals surface area contributed by atoms with Crippen LogP contribution in [-0.4, -0.2) is 56.0 Å². The molecule has 30 heavy (non-hydrogen) atoms. The van der Waals surface area contributed by atoms with E-state index in [-0.39, 0.29) is 17.9 Å². The van der Waals surface area contributed by atoms with Crippen LogP contribution in [0.3, 0.4) is 0 Å². The van der Waals surface area contributed by atoms with E-state index in [1.165, 1.54) is 10.5 Å². The molecule has 2 amide bonds. The monoisotopic (exact) mass is 410 g/mol. The van der Waals surface area contributed by atoms with Crippen LogP contribution in [0.2, 0.25) is 0 Å². The third-order valence-electron chi connectivity index (χ3n) is 5.95. The molecule has 0 unspecified atom stereocenters. The first kappa shape index (κ1) is 22.0. The Balaban J connectivity index is 1.41. The largest absolute Gasteiger partial charge is 0.333 e. The fourth-order valence-corrected chi connectivity index (χ4v) is 3.97. The standard InChI is InChI=1S/C24H32N4O2/c1-18-8-7-9-19(2)24(18)26-22(29)17-27-12-14-28(15-13-27)23(30)16-25-20(3)21-10-5-4-6-11-21/h4-11,20,25H,12-17H2,1-3H3,(H,26,29)/p+2/t20-/m1/s1. The summed E-state index contributed by atoms with van der Waals surface area (Å²) in [6.45, 7) is 10.1. The van der Waals surface area contributed by atoms with E-state index in [4.69, 9.17) is 0 Å². The van der Waals surface area contributed by atoms with Crippen molar-refractivity contribution in [3.8, 4) is 0 Å². The van der Waals surface area contributed by atoms with E-state index in [0.29, 0.717) is 26.2 Å². The van der Waals surface area contributed by atoms with E-state index in [1.807, 2.05) is 55.1 Å². The first-order valence-corrected chi connectivity index (χ1v) is 10.8. The molecule has 1 aliphatic rings. The number of nitrogens with zero attached hydrogens (tertiary/aromatic N) is 1. The fraction of sp³-hybridized carbons (Fsp3) is 0.417. The van der Waals surface area contributed by atoms with Crippen LogP contribution in [0, 0.1) is 13.8 Å². The Morgan fingerprint density at radius 2 is 1.67 bits per heavy atom. The summed E-state index contributed by atoms with van der Waals surface area (Å²) in [6, 6.07) is 16.5. The lowest BCUT2D eigenvalue weighted by atomic mass is 10.1. The highest BCUT2D eigenvalue weighted by atomic mass is 16.2. The third-order valence-corrected chi connectivity index (χ3v) is 5.95. The summed E-state index contributed by atoms with van der Waals surface area (Å²) >= 11 is 0. The quantitative estimate of drug-likeness (QED) is 0.614. The zero-order valence-electron chi connectivity index (χ0n) is 18.3. The maximum Gasteiger partial charge on any atom is 0.279 e. The molecule has 2 aromatic rings. The molecule has 6 heteroatoms. The molecule has 0 spiro atoms. The van der Waals surface area contributed by atoms with Crippen molar-refractivity contribution in [2.45, 2.75) is 26.8 Å². The summed E-state index contributed by atoms with van der Waals surface area (Å²) < 4.78 is 0. The van der Waals surface area contributed by atoms with Gasteiger partial charge < -0.3 is 20.4 Å². The summed E-state index contributed by atoms with van der Waals surface area (Å²) in [5.41, 5.74) is 4.30. The summed E-state index contributed by atoms with van der Waals surface area (Å²) in [6.07, 6.45) is 0. The molecule has 0 saturated carbocycles. The lowest BCUT2D eigenvalue weighted by Crippen LogP contribution is -3.15. The zero-order valence-corrected chi connectivity index (χ0v) is 18.3. The van der Waals surface area contributed by atoms with Crippen LogP contribution in [0.5, 0.6) is 0 Å². The normalized spacial score (nSPS) is 15.6. The second-order valence-corrected chi connectivity index (χ2v) is 8.26. The van der Waals surface area contributed by atoms with Gasteiger partial charge in [0.1, 0.15) is 6.04 Å². The summed E-state index contributed by atoms with van der Waals surface area (Å²) in [4.78, 5) is 28.2. The number of anilines is 1. The molecule has 0 aliphatic carbocycles. The molecule has 0 aromatic heterocycles. The Morgan fingerprint density at radius 1 is 1.03 bits per heavy atom. The van der Waals surface area contributed by atoms with E-state index in [9.17, 15) is 9.59 Å². The number of carbonyl (C=O) groups excluding carboxylic acids is 2. The first-order chi connectivity index (χ1) is 14.4. The minimum atomic E-state index is 0.0344. The van der Waals surface area contributed by atoms with E-state index in [2.05, 4.69) is 29.7 Å². The van der Waals surface area contributed by atoms with E-state index in [0.717, 1.165) is 29.9 Å². The number of hydrogen-bond acceptors (Lipinski definition) is 2. The number of rotatable bonds is 7. The Morgan fingerprint density at radius 3 is 2.30 bits per heavy atom. The second kappa shape index (κ2) is 10.4. The predicted molar refractivity (Wildman–Crippen MR) is 118 cm³/mol. The van der Waals surface area contributed by atoms with Gasteiger partial charge in [0.05, 0.1) is 26.2 Å². The zero-order chi connectivity index (χ0) is 21.5. The van der Waals surface area contributed by atoms with Gasteiger partial charge in [-0.3, -0.25) is 9.59 Å². The number of amides is 2. The number of hydrogen-bond donors (Lipinski definition) is 3. The molecule has 1 atom stereocenters. The highest BCUT2D eigenvalue weighted by molar-refractivity contribution is 5.93. The maximum absolute atomic E-state index is 12.6. The molecule has 3 rings (SSSR count). The van der Waals surface area contributed by atoms with Crippen molar-refractivity contribution in [2.75, 3.05) is 44.6 Å². The Kier molecular flexibility index (Phi) is 7.60. The number of piperazine rings is 1. The smallest absolute Gasteiger partial charge is 0.279 e. The minimum Gasteiger partial charge on any atom is -0.333 e. The molecule has 0 radical (unpaired) electrons. The average molecular weight is 411 g/mol. The van der Waals surface area contributed by atoms with Crippen LogP contribution >= 0.6 is 0 Å². The molecule has 2 aromatic carbocycles. The highest BCUT2D eigenvalue weighted by Crippen LogP contribution is 2.18. The molecule has 160 valence electrons. The van der Waals surface area contributed by atoms with Crippen molar-refractivity contribution in [1.82, 2.24) is 4.90 Å². The van der Waals surface area contributed by atoms with Gasteiger partial charge in [-0.15, -0.1) is 0 Å². The molecule has 1 aliphatic heterocycles. The molecule has 1 fully saturated rings. The van der Waals surface area contributed by atoms with Gasteiger partial charge in [-0.25, -0.2) is 0 Å². The summed E-state index contributed by atoms with van der Waals surface area (Å²) in [7, 11) is 0. The van der Waals surface area contributed by atoms with Crippen molar-refractivity contribution < 1.29 is 19.8 Å². The Labute approximate surface area is 179 Å². The molecule has 4 N–H and O–H groups in total. The van der Waals surface area contributed by atoms with Crippen LogP contribution in [0.1, 0.15) is 29.7 Å². The third kappa shape index (κ3) is 5.90. The van der Waals surface area contributed by atoms with Gasteiger partial charge in [-0.05, 0) is 31.9 Å². The van der Waals surface area contributed by atoms with Crippen molar-refractivity contribution in [3.05, 3.63) is 65.2 Å². The van der Waals surface area contributed by atoms with Gasteiger partial charge in [0.15, 0.2) is 13.1 Å². The second-order valence-electron chi connectivity index (χ2n) is 8.26. The van der Waals surface area contributed by atoms with Gasteiger partial charge in [0.25, 0.3) is 11.8 Å². The fourth-order valence-electron chi connectivity index (χ4n) is 3.97. The lowest BCUT2D eigenvalue weighted by Gasteiger charge is -2.31. The molecule has 1 saturated heterocycles. The summed E-state index contributed by atoms with van der Waals surface area (Å²) in [5.74, 6) is 0.212. The van der Waals surface area contributed by atoms with Crippen molar-refractivity contribution in [2.24, 2.45) is 0 Å². The van der Waals surface area contributed by atoms with Gasteiger partial charge in [-0.2, -0.15) is 0 Å². The number of nitrogens with two attached hydrogens (primary N) is 1. The van der Waals surface area contributed by atoms with Crippen molar-refractivity contribution in [1.29, 1.82) is 0 Å². The van der Waals surface area contributed by atoms with Crippen molar-refractivity contribution in [3.63, 3.8) is 0 Å². The van der Waals surface area contributed by atoms with Crippen molar-refractivity contribution >= 4 is 17.5 Å². The number of para-hydroxylation sites is 1.